The Kier molecular flexibility index (Phi) is 3.96. The van der Waals surface area contributed by atoms with Gasteiger partial charge in [-0.1, -0.05) is 23.7 Å². The number of halogens is 1. The molecule has 2 aliphatic heterocycles. The lowest BCUT2D eigenvalue weighted by atomic mass is 9.99. The van der Waals surface area contributed by atoms with E-state index in [0.29, 0.717) is 22.7 Å². The molecule has 130 valence electrons. The molecule has 0 atom stereocenters. The summed E-state index contributed by atoms with van der Waals surface area (Å²) in [6.07, 6.45) is 2.10. The van der Waals surface area contributed by atoms with Crippen LogP contribution in [0.3, 0.4) is 0 Å². The van der Waals surface area contributed by atoms with E-state index in [9.17, 15) is 13.2 Å². The quantitative estimate of drug-likeness (QED) is 0.891. The summed E-state index contributed by atoms with van der Waals surface area (Å²) in [4.78, 5) is 13.9. The molecule has 0 saturated carbocycles. The summed E-state index contributed by atoms with van der Waals surface area (Å²) in [7, 11) is -3.56. The maximum absolute atomic E-state index is 12.5. The molecule has 0 saturated heterocycles. The van der Waals surface area contributed by atoms with Crippen LogP contribution in [-0.2, 0) is 33.4 Å². The minimum atomic E-state index is -3.56. The second-order valence-corrected chi connectivity index (χ2v) is 8.62. The number of aryl methyl sites for hydroxylation is 1. The van der Waals surface area contributed by atoms with Crippen molar-refractivity contribution in [1.29, 1.82) is 0 Å². The van der Waals surface area contributed by atoms with Gasteiger partial charge in [0, 0.05) is 17.3 Å². The van der Waals surface area contributed by atoms with E-state index in [1.54, 1.807) is 30.3 Å². The molecule has 1 N–H and O–H groups in total. The predicted octanol–water partition coefficient (Wildman–Crippen LogP) is 3.12. The van der Waals surface area contributed by atoms with E-state index in [-0.39, 0.29) is 11.7 Å². The minimum absolute atomic E-state index is 0.0925. The lowest BCUT2D eigenvalue weighted by molar-refractivity contribution is -0.117. The highest BCUT2D eigenvalue weighted by molar-refractivity contribution is 7.91. The first-order valence-corrected chi connectivity index (χ1v) is 10.2. The van der Waals surface area contributed by atoms with Gasteiger partial charge in [0.05, 0.1) is 17.9 Å². The fourth-order valence-electron chi connectivity index (χ4n) is 3.60. The van der Waals surface area contributed by atoms with Crippen LogP contribution in [0.25, 0.3) is 0 Å². The average Bonchev–Trinajstić information content (AvgIpc) is 2.84. The average molecular weight is 377 g/mol. The molecule has 0 aliphatic carbocycles. The summed E-state index contributed by atoms with van der Waals surface area (Å²) in [5, 5.41) is 0.508. The Hall–Kier alpha value is -2.05. The Labute approximate surface area is 151 Å². The van der Waals surface area contributed by atoms with Crippen LogP contribution in [0, 0.1) is 0 Å². The Morgan fingerprint density at radius 3 is 2.76 bits per heavy atom. The molecule has 0 spiro atoms. The first-order valence-electron chi connectivity index (χ1n) is 8.12. The summed E-state index contributed by atoms with van der Waals surface area (Å²) in [5.41, 5.74) is 4.07. The van der Waals surface area contributed by atoms with Gasteiger partial charge in [-0.2, -0.15) is 0 Å². The fraction of sp³-hybridized carbons (Fsp3) is 0.278. The molecule has 7 heteroatoms. The van der Waals surface area contributed by atoms with Gasteiger partial charge < -0.3 is 4.90 Å². The molecule has 0 radical (unpaired) electrons. The largest absolute Gasteiger partial charge is 0.312 e. The third-order valence-corrected chi connectivity index (χ3v) is 6.02. The van der Waals surface area contributed by atoms with Gasteiger partial charge in [-0.3, -0.25) is 9.52 Å². The zero-order chi connectivity index (χ0) is 17.6. The molecule has 0 fully saturated rings. The Bertz CT molecular complexity index is 972. The van der Waals surface area contributed by atoms with Crippen LogP contribution in [-0.4, -0.2) is 20.9 Å². The zero-order valence-electron chi connectivity index (χ0n) is 13.5. The highest BCUT2D eigenvalue weighted by Gasteiger charge is 2.32. The van der Waals surface area contributed by atoms with Gasteiger partial charge in [-0.25, -0.2) is 8.42 Å². The number of hydrogen-bond donors (Lipinski definition) is 1. The molecular weight excluding hydrogens is 360 g/mol. The van der Waals surface area contributed by atoms with Crippen molar-refractivity contribution in [2.75, 3.05) is 16.2 Å². The van der Waals surface area contributed by atoms with Gasteiger partial charge in [0.1, 0.15) is 0 Å². The smallest absolute Gasteiger partial charge is 0.236 e. The molecule has 0 unspecified atom stereocenters. The van der Waals surface area contributed by atoms with Crippen LogP contribution in [0.5, 0.6) is 0 Å². The number of rotatable bonds is 4. The molecule has 2 aliphatic rings. The highest BCUT2D eigenvalue weighted by Crippen LogP contribution is 2.39. The van der Waals surface area contributed by atoms with Crippen molar-refractivity contribution in [2.45, 2.75) is 25.0 Å². The van der Waals surface area contributed by atoms with Crippen LogP contribution >= 0.6 is 11.6 Å². The second kappa shape index (κ2) is 6.04. The van der Waals surface area contributed by atoms with Gasteiger partial charge in [0.15, 0.2) is 0 Å². The van der Waals surface area contributed by atoms with E-state index in [2.05, 4.69) is 4.72 Å². The maximum atomic E-state index is 12.5. The van der Waals surface area contributed by atoms with E-state index < -0.39 is 10.0 Å². The SMILES string of the molecule is O=C1Cc2cc(NS(=O)(=O)Cc3cccc(Cl)c3)cc3c2N1CCC3. The van der Waals surface area contributed by atoms with Gasteiger partial charge >= 0.3 is 0 Å². The van der Waals surface area contributed by atoms with Crippen molar-refractivity contribution < 1.29 is 13.2 Å². The number of carbonyl (C=O) groups excluding carboxylic acids is 1. The predicted molar refractivity (Wildman–Crippen MR) is 98.5 cm³/mol. The Morgan fingerprint density at radius 2 is 1.96 bits per heavy atom. The fourth-order valence-corrected chi connectivity index (χ4v) is 4.98. The lowest BCUT2D eigenvalue weighted by Crippen LogP contribution is -2.31. The van der Waals surface area contributed by atoms with E-state index in [0.717, 1.165) is 36.2 Å². The second-order valence-electron chi connectivity index (χ2n) is 6.46. The molecule has 0 aromatic heterocycles. The number of carbonyl (C=O) groups is 1. The molecule has 2 heterocycles. The summed E-state index contributed by atoms with van der Waals surface area (Å²) in [6.45, 7) is 0.749. The van der Waals surface area contributed by atoms with Crippen molar-refractivity contribution >= 4 is 38.9 Å². The van der Waals surface area contributed by atoms with E-state index in [1.807, 2.05) is 11.0 Å². The molecule has 2 aromatic rings. The molecule has 1 amide bonds. The molecule has 0 bridgehead atoms. The van der Waals surface area contributed by atoms with Crippen LogP contribution in [0.2, 0.25) is 5.02 Å². The summed E-state index contributed by atoms with van der Waals surface area (Å²) >= 11 is 5.92. The standard InChI is InChI=1S/C18H17ClN2O3S/c19-15-5-1-3-12(7-15)11-25(23,24)20-16-8-13-4-2-6-21-17(22)10-14(9-16)18(13)21/h1,3,5,7-9,20H,2,4,6,10-11H2. The highest BCUT2D eigenvalue weighted by atomic mass is 35.5. The summed E-state index contributed by atoms with van der Waals surface area (Å²) in [6, 6.07) is 10.4. The molecule has 2 aromatic carbocycles. The summed E-state index contributed by atoms with van der Waals surface area (Å²) in [5.74, 6) is -0.0553. The topological polar surface area (TPSA) is 66.5 Å². The maximum Gasteiger partial charge on any atom is 0.236 e. The normalized spacial score (nSPS) is 16.0. The van der Waals surface area contributed by atoms with Crippen LogP contribution in [0.1, 0.15) is 23.1 Å². The molecule has 25 heavy (non-hydrogen) atoms. The number of hydrogen-bond acceptors (Lipinski definition) is 3. The number of anilines is 2. The molecule has 5 nitrogen and oxygen atoms in total. The molecular formula is C18H17ClN2O3S. The number of benzene rings is 2. The van der Waals surface area contributed by atoms with Crippen molar-refractivity contribution in [1.82, 2.24) is 0 Å². The monoisotopic (exact) mass is 376 g/mol. The Balaban J connectivity index is 1.61. The van der Waals surface area contributed by atoms with Crippen molar-refractivity contribution in [3.63, 3.8) is 0 Å². The first-order chi connectivity index (χ1) is 11.9. The van der Waals surface area contributed by atoms with Gasteiger partial charge in [-0.05, 0) is 53.8 Å². The summed E-state index contributed by atoms with van der Waals surface area (Å²) < 4.78 is 27.6. The minimum Gasteiger partial charge on any atom is -0.312 e. The number of nitrogens with zero attached hydrogens (tertiary/aromatic N) is 1. The van der Waals surface area contributed by atoms with Gasteiger partial charge in [-0.15, -0.1) is 0 Å². The van der Waals surface area contributed by atoms with E-state index in [4.69, 9.17) is 11.6 Å². The number of amides is 1. The van der Waals surface area contributed by atoms with Crippen molar-refractivity contribution in [3.8, 4) is 0 Å². The van der Waals surface area contributed by atoms with Crippen LogP contribution in [0.15, 0.2) is 36.4 Å². The third-order valence-electron chi connectivity index (χ3n) is 4.53. The first kappa shape index (κ1) is 16.4. The van der Waals surface area contributed by atoms with E-state index >= 15 is 0 Å². The zero-order valence-corrected chi connectivity index (χ0v) is 15.0. The lowest BCUT2D eigenvalue weighted by Gasteiger charge is -2.26. The van der Waals surface area contributed by atoms with Gasteiger partial charge in [0.2, 0.25) is 15.9 Å². The van der Waals surface area contributed by atoms with E-state index in [1.165, 1.54) is 0 Å². The van der Waals surface area contributed by atoms with Crippen molar-refractivity contribution in [2.24, 2.45) is 0 Å². The van der Waals surface area contributed by atoms with Crippen LogP contribution < -0.4 is 9.62 Å². The Morgan fingerprint density at radius 1 is 1.16 bits per heavy atom. The van der Waals surface area contributed by atoms with Crippen LogP contribution in [0.4, 0.5) is 11.4 Å². The molecule has 4 rings (SSSR count). The number of nitrogens with one attached hydrogen (secondary N) is 1. The van der Waals surface area contributed by atoms with Gasteiger partial charge in [0.25, 0.3) is 0 Å². The van der Waals surface area contributed by atoms with Crippen molar-refractivity contribution in [3.05, 3.63) is 58.1 Å². The number of sulfonamides is 1. The third kappa shape index (κ3) is 3.24.